The number of aryl methyl sites for hydroxylation is 1. The van der Waals surface area contributed by atoms with Gasteiger partial charge < -0.3 is 9.47 Å². The Morgan fingerprint density at radius 1 is 0.840 bits per heavy atom. The fourth-order valence-electron chi connectivity index (χ4n) is 3.07. The SMILES string of the molecule is CCCCCCCOc1ccc2c(CC)c(OCCCBr)ccc2c1. The van der Waals surface area contributed by atoms with Gasteiger partial charge in [0, 0.05) is 10.9 Å². The highest BCUT2D eigenvalue weighted by molar-refractivity contribution is 9.09. The molecule has 138 valence electrons. The van der Waals surface area contributed by atoms with Crippen molar-refractivity contribution in [2.24, 2.45) is 0 Å². The smallest absolute Gasteiger partial charge is 0.123 e. The van der Waals surface area contributed by atoms with Crippen LogP contribution in [-0.4, -0.2) is 18.5 Å². The minimum Gasteiger partial charge on any atom is -0.494 e. The summed E-state index contributed by atoms with van der Waals surface area (Å²) in [5, 5.41) is 3.48. The summed E-state index contributed by atoms with van der Waals surface area (Å²) in [4.78, 5) is 0. The van der Waals surface area contributed by atoms with Gasteiger partial charge in [-0.15, -0.1) is 0 Å². The number of hydrogen-bond acceptors (Lipinski definition) is 2. The second-order valence-corrected chi connectivity index (χ2v) is 7.23. The lowest BCUT2D eigenvalue weighted by atomic mass is 10.0. The van der Waals surface area contributed by atoms with E-state index in [1.165, 1.54) is 42.0 Å². The van der Waals surface area contributed by atoms with Crippen LogP contribution in [0.25, 0.3) is 10.8 Å². The second kappa shape index (κ2) is 11.4. The molecule has 0 bridgehead atoms. The van der Waals surface area contributed by atoms with Gasteiger partial charge in [0.15, 0.2) is 0 Å². The molecule has 0 N–H and O–H groups in total. The van der Waals surface area contributed by atoms with Gasteiger partial charge in [0.25, 0.3) is 0 Å². The Kier molecular flexibility index (Phi) is 9.17. The number of halogens is 1. The summed E-state index contributed by atoms with van der Waals surface area (Å²) in [6.45, 7) is 5.99. The van der Waals surface area contributed by atoms with E-state index >= 15 is 0 Å². The molecule has 0 fully saturated rings. The van der Waals surface area contributed by atoms with Crippen molar-refractivity contribution in [2.75, 3.05) is 18.5 Å². The highest BCUT2D eigenvalue weighted by Crippen LogP contribution is 2.31. The minimum absolute atomic E-state index is 0.753. The molecule has 0 aliphatic heterocycles. The molecule has 2 rings (SSSR count). The first-order chi connectivity index (χ1) is 12.3. The van der Waals surface area contributed by atoms with Crippen molar-refractivity contribution in [3.05, 3.63) is 35.9 Å². The fraction of sp³-hybridized carbons (Fsp3) is 0.545. The lowest BCUT2D eigenvalue weighted by molar-refractivity contribution is 0.305. The highest BCUT2D eigenvalue weighted by atomic mass is 79.9. The zero-order valence-corrected chi connectivity index (χ0v) is 17.2. The number of fused-ring (bicyclic) bond motifs is 1. The normalized spacial score (nSPS) is 11.0. The Bertz CT molecular complexity index is 639. The molecule has 0 saturated heterocycles. The molecule has 0 atom stereocenters. The summed E-state index contributed by atoms with van der Waals surface area (Å²) in [6.07, 6.45) is 8.32. The monoisotopic (exact) mass is 406 g/mol. The van der Waals surface area contributed by atoms with Crippen LogP contribution in [0, 0.1) is 0 Å². The van der Waals surface area contributed by atoms with Crippen molar-refractivity contribution < 1.29 is 9.47 Å². The van der Waals surface area contributed by atoms with Crippen molar-refractivity contribution in [1.29, 1.82) is 0 Å². The summed E-state index contributed by atoms with van der Waals surface area (Å²) >= 11 is 3.45. The third kappa shape index (κ3) is 6.22. The molecule has 0 amide bonds. The number of ether oxygens (including phenoxy) is 2. The number of unbranched alkanes of at least 4 members (excludes halogenated alkanes) is 4. The van der Waals surface area contributed by atoms with Crippen LogP contribution >= 0.6 is 15.9 Å². The van der Waals surface area contributed by atoms with Crippen LogP contribution in [-0.2, 0) is 6.42 Å². The van der Waals surface area contributed by atoms with E-state index in [4.69, 9.17) is 9.47 Å². The van der Waals surface area contributed by atoms with E-state index in [1.807, 2.05) is 0 Å². The van der Waals surface area contributed by atoms with Gasteiger partial charge in [0.1, 0.15) is 11.5 Å². The van der Waals surface area contributed by atoms with E-state index < -0.39 is 0 Å². The Balaban J connectivity index is 2.01. The summed E-state index contributed by atoms with van der Waals surface area (Å²) in [5.74, 6) is 1.98. The van der Waals surface area contributed by atoms with Gasteiger partial charge in [-0.25, -0.2) is 0 Å². The molecule has 25 heavy (non-hydrogen) atoms. The Labute approximate surface area is 161 Å². The molecule has 2 aromatic rings. The van der Waals surface area contributed by atoms with E-state index in [0.29, 0.717) is 0 Å². The average molecular weight is 407 g/mol. The van der Waals surface area contributed by atoms with E-state index in [9.17, 15) is 0 Å². The van der Waals surface area contributed by atoms with Gasteiger partial charge >= 0.3 is 0 Å². The van der Waals surface area contributed by atoms with E-state index in [2.05, 4.69) is 60.1 Å². The number of alkyl halides is 1. The summed E-state index contributed by atoms with van der Waals surface area (Å²) < 4.78 is 11.9. The molecule has 0 heterocycles. The maximum atomic E-state index is 5.96. The van der Waals surface area contributed by atoms with Crippen LogP contribution in [0.2, 0.25) is 0 Å². The van der Waals surface area contributed by atoms with Gasteiger partial charge in [-0.05, 0) is 48.2 Å². The van der Waals surface area contributed by atoms with Crippen molar-refractivity contribution in [3.8, 4) is 11.5 Å². The largest absolute Gasteiger partial charge is 0.494 e. The number of hydrogen-bond donors (Lipinski definition) is 0. The molecule has 0 aliphatic carbocycles. The van der Waals surface area contributed by atoms with Gasteiger partial charge in [-0.3, -0.25) is 0 Å². The number of benzene rings is 2. The van der Waals surface area contributed by atoms with Crippen molar-refractivity contribution in [1.82, 2.24) is 0 Å². The fourth-order valence-corrected chi connectivity index (χ4v) is 3.30. The molecule has 2 aromatic carbocycles. The lowest BCUT2D eigenvalue weighted by Crippen LogP contribution is -2.01. The predicted octanol–water partition coefficient (Wildman–Crippen LogP) is 6.92. The summed E-state index contributed by atoms with van der Waals surface area (Å²) in [5.41, 5.74) is 1.29. The molecule has 0 spiro atoms. The number of rotatable bonds is 12. The van der Waals surface area contributed by atoms with Crippen LogP contribution in [0.1, 0.15) is 57.9 Å². The van der Waals surface area contributed by atoms with Gasteiger partial charge in [-0.2, -0.15) is 0 Å². The standard InChI is InChI=1S/C22H31BrO2/c1-3-5-6-7-8-15-24-19-11-12-21-18(17-19)10-13-22(20(21)4-2)25-16-9-14-23/h10-13,17H,3-9,14-16H2,1-2H3. The third-order valence-corrected chi connectivity index (χ3v) is 5.03. The maximum absolute atomic E-state index is 5.96. The van der Waals surface area contributed by atoms with Crippen molar-refractivity contribution in [2.45, 2.75) is 58.8 Å². The van der Waals surface area contributed by atoms with Crippen LogP contribution in [0.5, 0.6) is 11.5 Å². The average Bonchev–Trinajstić information content (AvgIpc) is 2.64. The van der Waals surface area contributed by atoms with Crippen molar-refractivity contribution in [3.63, 3.8) is 0 Å². The molecular formula is C22H31BrO2. The zero-order valence-electron chi connectivity index (χ0n) is 15.7. The first-order valence-corrected chi connectivity index (χ1v) is 10.8. The van der Waals surface area contributed by atoms with Crippen LogP contribution in [0.3, 0.4) is 0 Å². The van der Waals surface area contributed by atoms with Crippen molar-refractivity contribution >= 4 is 26.7 Å². The molecule has 2 nitrogen and oxygen atoms in total. The Morgan fingerprint density at radius 2 is 1.64 bits per heavy atom. The summed E-state index contributed by atoms with van der Waals surface area (Å²) in [7, 11) is 0. The van der Waals surface area contributed by atoms with Gasteiger partial charge in [0.05, 0.1) is 13.2 Å². The van der Waals surface area contributed by atoms with E-state index in [0.717, 1.165) is 49.3 Å². The van der Waals surface area contributed by atoms with Crippen LogP contribution in [0.4, 0.5) is 0 Å². The van der Waals surface area contributed by atoms with Crippen LogP contribution < -0.4 is 9.47 Å². The van der Waals surface area contributed by atoms with Crippen LogP contribution in [0.15, 0.2) is 30.3 Å². The van der Waals surface area contributed by atoms with Gasteiger partial charge in [-0.1, -0.05) is 67.6 Å². The van der Waals surface area contributed by atoms with Gasteiger partial charge in [0.2, 0.25) is 0 Å². The third-order valence-electron chi connectivity index (χ3n) is 4.47. The van der Waals surface area contributed by atoms with E-state index in [1.54, 1.807) is 0 Å². The molecular weight excluding hydrogens is 376 g/mol. The first kappa shape index (κ1) is 20.1. The Hall–Kier alpha value is -1.22. The molecule has 0 aromatic heterocycles. The predicted molar refractivity (Wildman–Crippen MR) is 111 cm³/mol. The lowest BCUT2D eigenvalue weighted by Gasteiger charge is -2.14. The molecule has 0 aliphatic rings. The van der Waals surface area contributed by atoms with E-state index in [-0.39, 0.29) is 0 Å². The zero-order chi connectivity index (χ0) is 17.9. The maximum Gasteiger partial charge on any atom is 0.123 e. The first-order valence-electron chi connectivity index (χ1n) is 9.67. The molecule has 3 heteroatoms. The second-order valence-electron chi connectivity index (χ2n) is 6.43. The highest BCUT2D eigenvalue weighted by Gasteiger charge is 2.08. The molecule has 0 unspecified atom stereocenters. The Morgan fingerprint density at radius 3 is 2.40 bits per heavy atom. The molecule has 0 saturated carbocycles. The molecule has 0 radical (unpaired) electrons. The topological polar surface area (TPSA) is 18.5 Å². The summed E-state index contributed by atoms with van der Waals surface area (Å²) in [6, 6.07) is 10.7. The minimum atomic E-state index is 0.753. The quantitative estimate of drug-likeness (QED) is 0.281.